The Bertz CT molecular complexity index is 577. The molecule has 0 saturated heterocycles. The second-order valence-electron chi connectivity index (χ2n) is 4.16. The Morgan fingerprint density at radius 3 is 2.52 bits per heavy atom. The molecule has 0 atom stereocenters. The zero-order valence-corrected chi connectivity index (χ0v) is 12.3. The van der Waals surface area contributed by atoms with Crippen LogP contribution >= 0.6 is 23.2 Å². The first-order valence-corrected chi connectivity index (χ1v) is 6.72. The molecular formula is C12H12Cl2N2O5. The monoisotopic (exact) mass is 334 g/mol. The van der Waals surface area contributed by atoms with Gasteiger partial charge in [-0.05, 0) is 18.9 Å². The summed E-state index contributed by atoms with van der Waals surface area (Å²) in [7, 11) is 0. The van der Waals surface area contributed by atoms with Gasteiger partial charge in [-0.3, -0.25) is 19.7 Å². The third-order valence-corrected chi connectivity index (χ3v) is 3.36. The van der Waals surface area contributed by atoms with Gasteiger partial charge in [-0.25, -0.2) is 0 Å². The molecule has 1 aromatic rings. The van der Waals surface area contributed by atoms with E-state index in [9.17, 15) is 19.7 Å². The van der Waals surface area contributed by atoms with Gasteiger partial charge in [0, 0.05) is 24.6 Å². The number of hydrogen-bond donors (Lipinski definition) is 2. The number of nitro groups is 1. The first-order valence-electron chi connectivity index (χ1n) is 5.96. The number of carbonyl (C=O) groups excluding carboxylic acids is 1. The van der Waals surface area contributed by atoms with Crippen molar-refractivity contribution in [2.24, 2.45) is 0 Å². The molecule has 0 fully saturated rings. The van der Waals surface area contributed by atoms with Crippen LogP contribution < -0.4 is 5.32 Å². The van der Waals surface area contributed by atoms with Crippen LogP contribution in [0.15, 0.2) is 12.1 Å². The molecule has 1 aromatic carbocycles. The molecule has 0 unspecified atom stereocenters. The number of nitro benzene ring substituents is 1. The van der Waals surface area contributed by atoms with Crippen LogP contribution in [0.4, 0.5) is 5.69 Å². The number of aliphatic carboxylic acids is 1. The summed E-state index contributed by atoms with van der Waals surface area (Å²) >= 11 is 11.4. The Hall–Kier alpha value is -1.86. The molecule has 114 valence electrons. The first kappa shape index (κ1) is 17.2. The summed E-state index contributed by atoms with van der Waals surface area (Å²) in [5, 5.41) is 21.5. The maximum Gasteiger partial charge on any atom is 0.303 e. The van der Waals surface area contributed by atoms with Gasteiger partial charge in [0.05, 0.1) is 9.95 Å². The van der Waals surface area contributed by atoms with Gasteiger partial charge >= 0.3 is 5.97 Å². The summed E-state index contributed by atoms with van der Waals surface area (Å²) in [5.41, 5.74) is -0.422. The third-order valence-electron chi connectivity index (χ3n) is 2.57. The molecular weight excluding hydrogens is 323 g/mol. The van der Waals surface area contributed by atoms with Crippen molar-refractivity contribution in [1.29, 1.82) is 0 Å². The zero-order chi connectivity index (χ0) is 16.0. The number of hydrogen-bond acceptors (Lipinski definition) is 4. The van der Waals surface area contributed by atoms with Crippen molar-refractivity contribution in [2.75, 3.05) is 6.54 Å². The van der Waals surface area contributed by atoms with E-state index in [4.69, 9.17) is 28.3 Å². The van der Waals surface area contributed by atoms with Gasteiger partial charge in [0.25, 0.3) is 11.6 Å². The Kier molecular flexibility index (Phi) is 6.39. The average Bonchev–Trinajstić information content (AvgIpc) is 2.40. The van der Waals surface area contributed by atoms with Crippen molar-refractivity contribution in [3.05, 3.63) is 37.9 Å². The normalized spacial score (nSPS) is 10.2. The lowest BCUT2D eigenvalue weighted by molar-refractivity contribution is -0.384. The molecule has 0 aliphatic carbocycles. The Morgan fingerprint density at radius 1 is 1.29 bits per heavy atom. The Labute approximate surface area is 130 Å². The summed E-state index contributed by atoms with van der Waals surface area (Å²) in [6.45, 7) is 0.264. The molecule has 7 nitrogen and oxygen atoms in total. The minimum absolute atomic E-state index is 0.0219. The maximum absolute atomic E-state index is 11.8. The highest BCUT2D eigenvalue weighted by Crippen LogP contribution is 2.32. The Balaban J connectivity index is 2.66. The molecule has 0 aromatic heterocycles. The van der Waals surface area contributed by atoms with Gasteiger partial charge in [-0.1, -0.05) is 23.2 Å². The van der Waals surface area contributed by atoms with E-state index in [1.165, 1.54) is 6.07 Å². The predicted molar refractivity (Wildman–Crippen MR) is 76.9 cm³/mol. The van der Waals surface area contributed by atoms with E-state index in [2.05, 4.69) is 5.32 Å². The summed E-state index contributed by atoms with van der Waals surface area (Å²) in [4.78, 5) is 32.2. The van der Waals surface area contributed by atoms with E-state index in [0.29, 0.717) is 12.8 Å². The second-order valence-corrected chi connectivity index (χ2v) is 4.94. The minimum Gasteiger partial charge on any atom is -0.481 e. The van der Waals surface area contributed by atoms with E-state index in [-0.39, 0.29) is 28.6 Å². The molecule has 0 heterocycles. The minimum atomic E-state index is -0.901. The number of nitrogens with zero attached hydrogens (tertiary/aromatic N) is 1. The SMILES string of the molecule is O=C(O)CCCCNC(=O)c1cc(Cl)c(Cl)c([N+](=O)[O-])c1. The number of carboxylic acid groups (broad SMARTS) is 1. The molecule has 9 heteroatoms. The van der Waals surface area contributed by atoms with Gasteiger partial charge in [0.1, 0.15) is 5.02 Å². The number of rotatable bonds is 7. The lowest BCUT2D eigenvalue weighted by Crippen LogP contribution is -2.24. The number of halogens is 2. The second kappa shape index (κ2) is 7.80. The molecule has 0 aliphatic rings. The van der Waals surface area contributed by atoms with Crippen molar-refractivity contribution in [1.82, 2.24) is 5.32 Å². The van der Waals surface area contributed by atoms with Crippen LogP contribution in [0, 0.1) is 10.1 Å². The molecule has 0 aliphatic heterocycles. The molecule has 21 heavy (non-hydrogen) atoms. The molecule has 0 spiro atoms. The maximum atomic E-state index is 11.8. The summed E-state index contributed by atoms with van der Waals surface area (Å²) in [6.07, 6.45) is 0.937. The average molecular weight is 335 g/mol. The summed E-state index contributed by atoms with van der Waals surface area (Å²) in [6, 6.07) is 2.28. The van der Waals surface area contributed by atoms with Crippen molar-refractivity contribution in [3.8, 4) is 0 Å². The van der Waals surface area contributed by atoms with Gasteiger partial charge in [-0.2, -0.15) is 0 Å². The quantitative estimate of drug-likeness (QED) is 0.452. The fourth-order valence-electron chi connectivity index (χ4n) is 1.54. The number of amides is 1. The molecule has 0 saturated carbocycles. The lowest BCUT2D eigenvalue weighted by atomic mass is 10.2. The highest BCUT2D eigenvalue weighted by atomic mass is 35.5. The van der Waals surface area contributed by atoms with Crippen LogP contribution in [-0.2, 0) is 4.79 Å². The molecule has 0 bridgehead atoms. The highest BCUT2D eigenvalue weighted by molar-refractivity contribution is 6.43. The largest absolute Gasteiger partial charge is 0.481 e. The molecule has 0 radical (unpaired) electrons. The number of carboxylic acids is 1. The van der Waals surface area contributed by atoms with Crippen molar-refractivity contribution in [3.63, 3.8) is 0 Å². The van der Waals surface area contributed by atoms with E-state index in [0.717, 1.165) is 6.07 Å². The number of benzene rings is 1. The predicted octanol–water partition coefficient (Wildman–Crippen LogP) is 2.89. The molecule has 1 amide bonds. The fraction of sp³-hybridized carbons (Fsp3) is 0.333. The first-order chi connectivity index (χ1) is 9.82. The number of unbranched alkanes of at least 4 members (excludes halogenated alkanes) is 1. The van der Waals surface area contributed by atoms with Crippen LogP contribution in [0.2, 0.25) is 10.0 Å². The van der Waals surface area contributed by atoms with Crippen LogP contribution in [0.3, 0.4) is 0 Å². The summed E-state index contributed by atoms with van der Waals surface area (Å²) in [5.74, 6) is -1.44. The molecule has 2 N–H and O–H groups in total. The van der Waals surface area contributed by atoms with Gasteiger partial charge in [0.15, 0.2) is 0 Å². The van der Waals surface area contributed by atoms with Gasteiger partial charge < -0.3 is 10.4 Å². The smallest absolute Gasteiger partial charge is 0.303 e. The zero-order valence-electron chi connectivity index (χ0n) is 10.8. The van der Waals surface area contributed by atoms with Crippen molar-refractivity contribution < 1.29 is 19.6 Å². The van der Waals surface area contributed by atoms with Crippen molar-refractivity contribution >= 4 is 40.8 Å². The van der Waals surface area contributed by atoms with Crippen LogP contribution in [0.5, 0.6) is 0 Å². The van der Waals surface area contributed by atoms with E-state index >= 15 is 0 Å². The number of carbonyl (C=O) groups is 2. The fourth-order valence-corrected chi connectivity index (χ4v) is 1.94. The molecule has 1 rings (SSSR count). The third kappa shape index (κ3) is 5.20. The van der Waals surface area contributed by atoms with Gasteiger partial charge in [-0.15, -0.1) is 0 Å². The Morgan fingerprint density at radius 2 is 1.95 bits per heavy atom. The van der Waals surface area contributed by atoms with E-state index < -0.39 is 22.5 Å². The highest BCUT2D eigenvalue weighted by Gasteiger charge is 2.19. The van der Waals surface area contributed by atoms with E-state index in [1.807, 2.05) is 0 Å². The summed E-state index contributed by atoms with van der Waals surface area (Å²) < 4.78 is 0. The van der Waals surface area contributed by atoms with Crippen LogP contribution in [0.25, 0.3) is 0 Å². The number of nitrogens with one attached hydrogen (secondary N) is 1. The van der Waals surface area contributed by atoms with Crippen LogP contribution in [-0.4, -0.2) is 28.5 Å². The lowest BCUT2D eigenvalue weighted by Gasteiger charge is -2.06. The van der Waals surface area contributed by atoms with Crippen molar-refractivity contribution in [2.45, 2.75) is 19.3 Å². The topological polar surface area (TPSA) is 110 Å². The van der Waals surface area contributed by atoms with Crippen LogP contribution in [0.1, 0.15) is 29.6 Å². The van der Waals surface area contributed by atoms with E-state index in [1.54, 1.807) is 0 Å². The standard InChI is InChI=1S/C12H12Cl2N2O5/c13-8-5-7(6-9(11(8)14)16(20)21)12(19)15-4-2-1-3-10(17)18/h5-6H,1-4H2,(H,15,19)(H,17,18). The van der Waals surface area contributed by atoms with Gasteiger partial charge in [0.2, 0.25) is 0 Å².